The van der Waals surface area contributed by atoms with Gasteiger partial charge in [0.2, 0.25) is 5.76 Å². The van der Waals surface area contributed by atoms with Crippen LogP contribution in [0, 0.1) is 0 Å². The lowest BCUT2D eigenvalue weighted by Gasteiger charge is -2.15. The van der Waals surface area contributed by atoms with Crippen molar-refractivity contribution in [2.75, 3.05) is 7.05 Å². The van der Waals surface area contributed by atoms with E-state index in [0.29, 0.717) is 12.2 Å². The molecule has 0 unspecified atom stereocenters. The first-order valence-electron chi connectivity index (χ1n) is 9.41. The highest BCUT2D eigenvalue weighted by Gasteiger charge is 2.24. The molecule has 4 rings (SSSR count). The summed E-state index contributed by atoms with van der Waals surface area (Å²) in [4.78, 5) is 18.7. The van der Waals surface area contributed by atoms with Gasteiger partial charge in [0, 0.05) is 32.6 Å². The highest BCUT2D eigenvalue weighted by molar-refractivity contribution is 5.91. The van der Waals surface area contributed by atoms with E-state index < -0.39 is 0 Å². The zero-order chi connectivity index (χ0) is 20.2. The number of aryl methyl sites for hydroxylation is 1. The maximum atomic E-state index is 12.8. The van der Waals surface area contributed by atoms with Gasteiger partial charge in [-0.2, -0.15) is 0 Å². The molecule has 0 N–H and O–H groups in total. The van der Waals surface area contributed by atoms with Crippen molar-refractivity contribution in [3.8, 4) is 0 Å². The smallest absolute Gasteiger partial charge is 0.292 e. The van der Waals surface area contributed by atoms with E-state index in [1.54, 1.807) is 24.2 Å². The number of amides is 1. The van der Waals surface area contributed by atoms with Gasteiger partial charge in [-0.3, -0.25) is 4.79 Å². The monoisotopic (exact) mass is 386 g/mol. The summed E-state index contributed by atoms with van der Waals surface area (Å²) in [6.45, 7) is 0.388. The molecule has 6 heteroatoms. The maximum absolute atomic E-state index is 12.8. The normalized spacial score (nSPS) is 11.0. The molecule has 0 spiro atoms. The van der Waals surface area contributed by atoms with E-state index in [-0.39, 0.29) is 17.6 Å². The van der Waals surface area contributed by atoms with Gasteiger partial charge in [-0.25, -0.2) is 4.98 Å². The van der Waals surface area contributed by atoms with Crippen molar-refractivity contribution in [1.29, 1.82) is 0 Å². The highest BCUT2D eigenvalue weighted by Crippen LogP contribution is 2.31. The molecule has 0 aliphatic carbocycles. The molecule has 1 amide bonds. The molecule has 0 aliphatic rings. The van der Waals surface area contributed by atoms with Gasteiger partial charge in [-0.15, -0.1) is 0 Å². The lowest BCUT2D eigenvalue weighted by atomic mass is 9.88. The van der Waals surface area contributed by atoms with Crippen LogP contribution in [-0.4, -0.2) is 32.6 Å². The van der Waals surface area contributed by atoms with Gasteiger partial charge in [0.1, 0.15) is 5.82 Å². The van der Waals surface area contributed by atoms with Gasteiger partial charge in [-0.1, -0.05) is 65.8 Å². The Labute approximate surface area is 169 Å². The van der Waals surface area contributed by atoms with Crippen molar-refractivity contribution in [1.82, 2.24) is 19.6 Å². The van der Waals surface area contributed by atoms with E-state index in [1.807, 2.05) is 54.2 Å². The Bertz CT molecular complexity index is 1050. The summed E-state index contributed by atoms with van der Waals surface area (Å²) in [6, 6.07) is 21.9. The van der Waals surface area contributed by atoms with Crippen LogP contribution in [0.3, 0.4) is 0 Å². The minimum absolute atomic E-state index is 0.109. The molecule has 0 radical (unpaired) electrons. The number of imidazole rings is 1. The molecule has 6 nitrogen and oxygen atoms in total. The minimum atomic E-state index is -0.230. The Balaban J connectivity index is 1.62. The summed E-state index contributed by atoms with van der Waals surface area (Å²) in [5.74, 6) is 0.676. The van der Waals surface area contributed by atoms with Crippen LogP contribution in [0.1, 0.15) is 39.1 Å². The van der Waals surface area contributed by atoms with Crippen molar-refractivity contribution in [3.05, 3.63) is 108 Å². The topological polar surface area (TPSA) is 64.2 Å². The molecule has 0 aliphatic heterocycles. The largest absolute Gasteiger partial charge is 0.351 e. The predicted octanol–water partition coefficient (Wildman–Crippen LogP) is 3.86. The third kappa shape index (κ3) is 3.96. The third-order valence-corrected chi connectivity index (χ3v) is 4.95. The number of benzene rings is 2. The van der Waals surface area contributed by atoms with Gasteiger partial charge >= 0.3 is 0 Å². The van der Waals surface area contributed by atoms with Crippen molar-refractivity contribution >= 4 is 5.91 Å². The van der Waals surface area contributed by atoms with Gasteiger partial charge in [-0.05, 0) is 11.1 Å². The minimum Gasteiger partial charge on any atom is -0.351 e. The van der Waals surface area contributed by atoms with Gasteiger partial charge < -0.3 is 14.0 Å². The third-order valence-electron chi connectivity index (χ3n) is 4.95. The summed E-state index contributed by atoms with van der Waals surface area (Å²) in [5, 5.41) is 4.24. The molecule has 146 valence electrons. The fraction of sp³-hybridized carbons (Fsp3) is 0.174. The summed E-state index contributed by atoms with van der Waals surface area (Å²) in [7, 11) is 3.63. The van der Waals surface area contributed by atoms with E-state index in [0.717, 1.165) is 17.0 Å². The zero-order valence-corrected chi connectivity index (χ0v) is 16.4. The fourth-order valence-electron chi connectivity index (χ4n) is 3.37. The molecule has 2 aromatic carbocycles. The van der Waals surface area contributed by atoms with Crippen molar-refractivity contribution in [2.24, 2.45) is 7.05 Å². The molecule has 0 fully saturated rings. The van der Waals surface area contributed by atoms with E-state index in [4.69, 9.17) is 4.52 Å². The van der Waals surface area contributed by atoms with Crippen LogP contribution in [0.25, 0.3) is 0 Å². The van der Waals surface area contributed by atoms with Crippen LogP contribution in [0.4, 0.5) is 0 Å². The number of hydrogen-bond acceptors (Lipinski definition) is 4. The molecule has 2 aromatic heterocycles. The second-order valence-corrected chi connectivity index (χ2v) is 6.99. The Morgan fingerprint density at radius 1 is 1.07 bits per heavy atom. The number of hydrogen-bond donors (Lipinski definition) is 0. The van der Waals surface area contributed by atoms with Crippen LogP contribution >= 0.6 is 0 Å². The second-order valence-electron chi connectivity index (χ2n) is 6.99. The quantitative estimate of drug-likeness (QED) is 0.505. The Morgan fingerprint density at radius 2 is 1.69 bits per heavy atom. The lowest BCUT2D eigenvalue weighted by molar-refractivity contribution is 0.0739. The van der Waals surface area contributed by atoms with Crippen LogP contribution in [0.5, 0.6) is 0 Å². The summed E-state index contributed by atoms with van der Waals surface area (Å²) in [5.41, 5.74) is 2.89. The number of rotatable bonds is 6. The summed E-state index contributed by atoms with van der Waals surface area (Å²) < 4.78 is 7.34. The first-order chi connectivity index (χ1) is 14.1. The van der Waals surface area contributed by atoms with Crippen LogP contribution in [0.2, 0.25) is 0 Å². The average Bonchev–Trinajstić information content (AvgIpc) is 3.39. The first-order valence-corrected chi connectivity index (χ1v) is 9.41. The summed E-state index contributed by atoms with van der Waals surface area (Å²) in [6.07, 6.45) is 3.56. The van der Waals surface area contributed by atoms with Crippen molar-refractivity contribution < 1.29 is 9.32 Å². The van der Waals surface area contributed by atoms with E-state index in [1.165, 1.54) is 0 Å². The van der Waals surface area contributed by atoms with Crippen LogP contribution in [0.15, 0.2) is 83.6 Å². The number of aromatic nitrogens is 3. The molecule has 0 saturated carbocycles. The van der Waals surface area contributed by atoms with Gasteiger partial charge in [0.15, 0.2) is 0 Å². The SMILES string of the molecule is CN(Cc1nccn1C)C(=O)c1cc(C(c2ccccc2)c2ccccc2)no1. The Kier molecular flexibility index (Phi) is 5.24. The Hall–Kier alpha value is -3.67. The standard InChI is InChI=1S/C23H22N4O2/c1-26-14-13-24-21(26)16-27(2)23(28)20-15-19(25-29-20)22(17-9-5-3-6-10-17)18-11-7-4-8-12-18/h3-15,22H,16H2,1-2H3. The molecular weight excluding hydrogens is 364 g/mol. The van der Waals surface area contributed by atoms with Crippen LogP contribution in [-0.2, 0) is 13.6 Å². The van der Waals surface area contributed by atoms with Crippen LogP contribution < -0.4 is 0 Å². The molecule has 2 heterocycles. The zero-order valence-electron chi connectivity index (χ0n) is 16.4. The van der Waals surface area contributed by atoms with Gasteiger partial charge in [0.05, 0.1) is 18.2 Å². The molecule has 0 bridgehead atoms. The molecule has 0 atom stereocenters. The van der Waals surface area contributed by atoms with Crippen molar-refractivity contribution in [2.45, 2.75) is 12.5 Å². The lowest BCUT2D eigenvalue weighted by Crippen LogP contribution is -2.27. The number of carbonyl (C=O) groups excluding carboxylic acids is 1. The molecule has 4 aromatic rings. The number of carbonyl (C=O) groups is 1. The fourth-order valence-corrected chi connectivity index (χ4v) is 3.37. The number of nitrogens with zero attached hydrogens (tertiary/aromatic N) is 4. The Morgan fingerprint density at radius 3 is 2.24 bits per heavy atom. The van der Waals surface area contributed by atoms with E-state index in [2.05, 4.69) is 34.4 Å². The molecule has 0 saturated heterocycles. The predicted molar refractivity (Wildman–Crippen MR) is 109 cm³/mol. The molecule has 29 heavy (non-hydrogen) atoms. The van der Waals surface area contributed by atoms with E-state index in [9.17, 15) is 4.79 Å². The summed E-state index contributed by atoms with van der Waals surface area (Å²) >= 11 is 0. The first kappa shape index (κ1) is 18.7. The average molecular weight is 386 g/mol. The van der Waals surface area contributed by atoms with Gasteiger partial charge in [0.25, 0.3) is 5.91 Å². The highest BCUT2D eigenvalue weighted by atomic mass is 16.5. The molecular formula is C23H22N4O2. The maximum Gasteiger partial charge on any atom is 0.292 e. The van der Waals surface area contributed by atoms with E-state index >= 15 is 0 Å². The second kappa shape index (κ2) is 8.14. The van der Waals surface area contributed by atoms with Crippen molar-refractivity contribution in [3.63, 3.8) is 0 Å².